The van der Waals surface area contributed by atoms with E-state index in [2.05, 4.69) is 63.4 Å². The highest BCUT2D eigenvalue weighted by atomic mass is 28.4. The predicted octanol–water partition coefficient (Wildman–Crippen LogP) is 4.05. The van der Waals surface area contributed by atoms with Crippen LogP contribution in [0, 0.1) is 0 Å². The monoisotopic (exact) mass is 263 g/mol. The van der Waals surface area contributed by atoms with Gasteiger partial charge < -0.3 is 9.74 Å². The Hall–Kier alpha value is -0.803. The van der Waals surface area contributed by atoms with Crippen LogP contribution < -0.4 is 5.32 Å². The molecule has 0 bridgehead atoms. The minimum absolute atomic E-state index is 0.282. The summed E-state index contributed by atoms with van der Waals surface area (Å²) >= 11 is 0. The third-order valence-corrected chi connectivity index (χ3v) is 8.79. The summed E-state index contributed by atoms with van der Waals surface area (Å²) in [6.45, 7) is 12.5. The van der Waals surface area contributed by atoms with Crippen LogP contribution in [0.15, 0.2) is 24.3 Å². The standard InChI is InChI=1S/C15H25NOSi/c1-15(2,3)18(4,5)17-13-10-12-8-6-7-9-14(12)16-11-13/h6-9,13,16H,10-11H2,1-5H3. The third kappa shape index (κ3) is 2.78. The van der Waals surface area contributed by atoms with Crippen molar-refractivity contribution in [2.45, 2.75) is 51.4 Å². The molecule has 3 heteroatoms. The normalized spacial score (nSPS) is 20.2. The van der Waals surface area contributed by atoms with Crippen LogP contribution >= 0.6 is 0 Å². The van der Waals surface area contributed by atoms with Gasteiger partial charge >= 0.3 is 0 Å². The number of hydrogen-bond donors (Lipinski definition) is 1. The first kappa shape index (κ1) is 13.6. The second kappa shape index (κ2) is 4.70. The first-order valence-electron chi connectivity index (χ1n) is 6.79. The summed E-state index contributed by atoms with van der Waals surface area (Å²) in [4.78, 5) is 0. The van der Waals surface area contributed by atoms with E-state index >= 15 is 0 Å². The van der Waals surface area contributed by atoms with Gasteiger partial charge in [0.15, 0.2) is 8.32 Å². The Kier molecular flexibility index (Phi) is 3.56. The van der Waals surface area contributed by atoms with Crippen molar-refractivity contribution >= 4 is 14.0 Å². The number of benzene rings is 1. The van der Waals surface area contributed by atoms with E-state index in [0.717, 1.165) is 13.0 Å². The van der Waals surface area contributed by atoms with Gasteiger partial charge in [0.25, 0.3) is 0 Å². The van der Waals surface area contributed by atoms with E-state index in [1.54, 1.807) is 0 Å². The zero-order chi connectivity index (χ0) is 13.4. The fourth-order valence-corrected chi connectivity index (χ4v) is 3.44. The zero-order valence-electron chi connectivity index (χ0n) is 12.2. The molecular formula is C15H25NOSi. The summed E-state index contributed by atoms with van der Waals surface area (Å²) in [6, 6.07) is 8.54. The minimum atomic E-state index is -1.65. The quantitative estimate of drug-likeness (QED) is 0.813. The van der Waals surface area contributed by atoms with Gasteiger partial charge in [-0.1, -0.05) is 39.0 Å². The van der Waals surface area contributed by atoms with Crippen LogP contribution in [0.4, 0.5) is 5.69 Å². The van der Waals surface area contributed by atoms with Crippen LogP contribution in [0.25, 0.3) is 0 Å². The maximum Gasteiger partial charge on any atom is 0.192 e. The lowest BCUT2D eigenvalue weighted by Crippen LogP contribution is -2.47. The summed E-state index contributed by atoms with van der Waals surface area (Å²) in [7, 11) is -1.65. The average molecular weight is 263 g/mol. The molecule has 0 aliphatic carbocycles. The molecule has 0 spiro atoms. The molecule has 0 saturated carbocycles. The van der Waals surface area contributed by atoms with Crippen LogP contribution in [0.3, 0.4) is 0 Å². The van der Waals surface area contributed by atoms with Crippen molar-refractivity contribution in [3.8, 4) is 0 Å². The highest BCUT2D eigenvalue weighted by Gasteiger charge is 2.39. The first-order chi connectivity index (χ1) is 8.29. The molecular weight excluding hydrogens is 238 g/mol. The van der Waals surface area contributed by atoms with Crippen molar-refractivity contribution in [2.24, 2.45) is 0 Å². The molecule has 1 aromatic carbocycles. The molecule has 1 aliphatic heterocycles. The van der Waals surface area contributed by atoms with Gasteiger partial charge in [0.05, 0.1) is 6.10 Å². The van der Waals surface area contributed by atoms with Crippen molar-refractivity contribution in [3.63, 3.8) is 0 Å². The van der Waals surface area contributed by atoms with Crippen molar-refractivity contribution in [1.29, 1.82) is 0 Å². The van der Waals surface area contributed by atoms with E-state index in [-0.39, 0.29) is 5.04 Å². The van der Waals surface area contributed by atoms with Crippen LogP contribution in [-0.4, -0.2) is 21.0 Å². The van der Waals surface area contributed by atoms with Gasteiger partial charge in [0, 0.05) is 18.7 Å². The Morgan fingerprint density at radius 3 is 2.56 bits per heavy atom. The van der Waals surface area contributed by atoms with Crippen molar-refractivity contribution < 1.29 is 4.43 Å². The van der Waals surface area contributed by atoms with Gasteiger partial charge in [-0.05, 0) is 29.8 Å². The van der Waals surface area contributed by atoms with E-state index in [1.807, 2.05) is 0 Å². The maximum absolute atomic E-state index is 6.48. The van der Waals surface area contributed by atoms with E-state index < -0.39 is 8.32 Å². The lowest BCUT2D eigenvalue weighted by molar-refractivity contribution is 0.189. The Balaban J connectivity index is 2.06. The Bertz CT molecular complexity index is 423. The molecule has 1 N–H and O–H groups in total. The van der Waals surface area contributed by atoms with E-state index in [9.17, 15) is 0 Å². The van der Waals surface area contributed by atoms with E-state index in [4.69, 9.17) is 4.43 Å². The summed E-state index contributed by atoms with van der Waals surface area (Å²) in [6.07, 6.45) is 1.36. The van der Waals surface area contributed by atoms with Crippen LogP contribution in [-0.2, 0) is 10.8 Å². The van der Waals surface area contributed by atoms with Gasteiger partial charge in [-0.3, -0.25) is 0 Å². The average Bonchev–Trinajstić information content (AvgIpc) is 2.27. The SMILES string of the molecule is CC(C)(C)[Si](C)(C)OC1CNc2ccccc2C1. The summed E-state index contributed by atoms with van der Waals surface area (Å²) < 4.78 is 6.48. The van der Waals surface area contributed by atoms with Gasteiger partial charge in [-0.2, -0.15) is 0 Å². The molecule has 1 aromatic rings. The molecule has 1 aliphatic rings. The summed E-state index contributed by atoms with van der Waals surface area (Å²) in [5, 5.41) is 3.77. The molecule has 0 fully saturated rings. The topological polar surface area (TPSA) is 21.3 Å². The molecule has 1 unspecified atom stereocenters. The number of nitrogens with one attached hydrogen (secondary N) is 1. The van der Waals surface area contributed by atoms with Gasteiger partial charge in [0.2, 0.25) is 0 Å². The van der Waals surface area contributed by atoms with Gasteiger partial charge in [0.1, 0.15) is 0 Å². The number of para-hydroxylation sites is 1. The molecule has 0 radical (unpaired) electrons. The van der Waals surface area contributed by atoms with Crippen molar-refractivity contribution in [3.05, 3.63) is 29.8 Å². The maximum atomic E-state index is 6.48. The Morgan fingerprint density at radius 1 is 1.22 bits per heavy atom. The van der Waals surface area contributed by atoms with Crippen LogP contribution in [0.1, 0.15) is 26.3 Å². The fraction of sp³-hybridized carbons (Fsp3) is 0.600. The molecule has 0 aromatic heterocycles. The molecule has 18 heavy (non-hydrogen) atoms. The van der Waals surface area contributed by atoms with E-state index in [0.29, 0.717) is 6.10 Å². The van der Waals surface area contributed by atoms with Crippen molar-refractivity contribution in [1.82, 2.24) is 0 Å². The number of hydrogen-bond acceptors (Lipinski definition) is 2. The zero-order valence-corrected chi connectivity index (χ0v) is 13.2. The number of fused-ring (bicyclic) bond motifs is 1. The fourth-order valence-electron chi connectivity index (χ4n) is 2.09. The molecule has 2 rings (SSSR count). The highest BCUT2D eigenvalue weighted by Crippen LogP contribution is 2.38. The molecule has 1 atom stereocenters. The molecule has 0 amide bonds. The smallest absolute Gasteiger partial charge is 0.192 e. The summed E-state index contributed by atoms with van der Waals surface area (Å²) in [5.74, 6) is 0. The lowest BCUT2D eigenvalue weighted by Gasteiger charge is -2.40. The number of rotatable bonds is 2. The van der Waals surface area contributed by atoms with Crippen molar-refractivity contribution in [2.75, 3.05) is 11.9 Å². The highest BCUT2D eigenvalue weighted by molar-refractivity contribution is 6.74. The molecule has 0 saturated heterocycles. The Labute approximate surface area is 112 Å². The lowest BCUT2D eigenvalue weighted by atomic mass is 10.0. The second-order valence-corrected chi connectivity index (χ2v) is 11.5. The third-order valence-electron chi connectivity index (χ3n) is 4.25. The van der Waals surface area contributed by atoms with Crippen LogP contribution in [0.2, 0.25) is 18.1 Å². The minimum Gasteiger partial charge on any atom is -0.412 e. The number of anilines is 1. The molecule has 2 nitrogen and oxygen atoms in total. The van der Waals surface area contributed by atoms with E-state index in [1.165, 1.54) is 11.3 Å². The first-order valence-corrected chi connectivity index (χ1v) is 9.70. The summed E-state index contributed by atoms with van der Waals surface area (Å²) in [5.41, 5.74) is 2.65. The molecule has 1 heterocycles. The van der Waals surface area contributed by atoms with Gasteiger partial charge in [-0.15, -0.1) is 0 Å². The largest absolute Gasteiger partial charge is 0.412 e. The Morgan fingerprint density at radius 2 is 1.89 bits per heavy atom. The molecule has 100 valence electrons. The second-order valence-electron chi connectivity index (χ2n) is 6.74. The van der Waals surface area contributed by atoms with Gasteiger partial charge in [-0.25, -0.2) is 0 Å². The van der Waals surface area contributed by atoms with Crippen LogP contribution in [0.5, 0.6) is 0 Å². The predicted molar refractivity (Wildman–Crippen MR) is 80.7 cm³/mol.